The molecule has 0 saturated carbocycles. The zero-order chi connectivity index (χ0) is 20.8. The number of hydrogen-bond acceptors (Lipinski definition) is 5. The van der Waals surface area contributed by atoms with Gasteiger partial charge in [-0.15, -0.1) is 0 Å². The van der Waals surface area contributed by atoms with Gasteiger partial charge in [-0.2, -0.15) is 0 Å². The van der Waals surface area contributed by atoms with Crippen LogP contribution in [0.3, 0.4) is 0 Å². The molecule has 0 amide bonds. The van der Waals surface area contributed by atoms with Gasteiger partial charge in [-0.05, 0) is 30.5 Å². The van der Waals surface area contributed by atoms with Crippen LogP contribution in [0.15, 0.2) is 55.9 Å². The summed E-state index contributed by atoms with van der Waals surface area (Å²) in [6.07, 6.45) is 6.49. The third-order valence-electron chi connectivity index (χ3n) is 6.11. The van der Waals surface area contributed by atoms with Crippen LogP contribution in [-0.2, 0) is 0 Å². The van der Waals surface area contributed by atoms with E-state index in [-0.39, 0.29) is 18.2 Å². The Balaban J connectivity index is 1.36. The van der Waals surface area contributed by atoms with Crippen molar-refractivity contribution in [1.29, 1.82) is 0 Å². The Morgan fingerprint density at radius 3 is 2.73 bits per heavy atom. The Bertz CT molecular complexity index is 1070. The number of hydrogen-bond donors (Lipinski definition) is 2. The Morgan fingerprint density at radius 2 is 2.03 bits per heavy atom. The van der Waals surface area contributed by atoms with Crippen molar-refractivity contribution in [3.63, 3.8) is 0 Å². The number of nitrogens with one attached hydrogen (secondary N) is 1. The summed E-state index contributed by atoms with van der Waals surface area (Å²) in [4.78, 5) is 12.8. The highest BCUT2D eigenvalue weighted by Crippen LogP contribution is 2.40. The minimum absolute atomic E-state index is 0.0646. The number of phenols is 1. The van der Waals surface area contributed by atoms with Crippen LogP contribution in [-0.4, -0.2) is 49.1 Å². The minimum atomic E-state index is -1.20. The molecule has 8 heteroatoms. The number of allylic oxidation sites excluding steroid dienone is 1. The fraction of sp³-hybridized carbons (Fsp3) is 0.318. The number of imidazole rings is 1. The van der Waals surface area contributed by atoms with Gasteiger partial charge in [-0.25, -0.2) is 13.8 Å². The second kappa shape index (κ2) is 7.28. The van der Waals surface area contributed by atoms with Gasteiger partial charge in [0.25, 0.3) is 0 Å². The van der Waals surface area contributed by atoms with Crippen LogP contribution in [0.25, 0.3) is 22.5 Å². The summed E-state index contributed by atoms with van der Waals surface area (Å²) in [5.41, 5.74) is 2.82. The summed E-state index contributed by atoms with van der Waals surface area (Å²) in [7, 11) is 0. The molecule has 0 aliphatic carbocycles. The first-order valence-corrected chi connectivity index (χ1v) is 9.88. The minimum Gasteiger partial charge on any atom is -0.507 e. The first kappa shape index (κ1) is 18.9. The van der Waals surface area contributed by atoms with Crippen molar-refractivity contribution in [2.75, 3.05) is 0 Å². The third-order valence-corrected chi connectivity index (χ3v) is 6.11. The lowest BCUT2D eigenvalue weighted by Crippen LogP contribution is -2.48. The average molecular weight is 409 g/mol. The Morgan fingerprint density at radius 1 is 1.17 bits per heavy atom. The summed E-state index contributed by atoms with van der Waals surface area (Å²) < 4.78 is 30.6. The molecule has 154 valence electrons. The molecule has 5 rings (SSSR count). The number of benzene rings is 1. The molecule has 2 saturated heterocycles. The van der Waals surface area contributed by atoms with Crippen molar-refractivity contribution >= 4 is 5.57 Å². The van der Waals surface area contributed by atoms with Crippen LogP contribution in [0.5, 0.6) is 5.75 Å². The van der Waals surface area contributed by atoms with E-state index in [1.807, 2.05) is 6.07 Å². The van der Waals surface area contributed by atoms with Gasteiger partial charge in [0, 0.05) is 42.0 Å². The lowest BCUT2D eigenvalue weighted by Gasteiger charge is -2.33. The SMILES string of the molecule is C=C(c1cnc(-c2ccc(-n3ccnc3)cc2O)cn1)[C@@H]1C[C@@H]2N[C@@H](C[C@@H]2F)[C@H]1F. The molecule has 2 aliphatic heterocycles. The number of halogens is 2. The van der Waals surface area contributed by atoms with Gasteiger partial charge in [-0.1, -0.05) is 6.58 Å². The van der Waals surface area contributed by atoms with E-state index in [2.05, 4.69) is 26.8 Å². The fourth-order valence-electron chi connectivity index (χ4n) is 4.44. The topological polar surface area (TPSA) is 75.9 Å². The van der Waals surface area contributed by atoms with Crippen LogP contribution in [0, 0.1) is 5.92 Å². The van der Waals surface area contributed by atoms with E-state index in [1.165, 1.54) is 12.4 Å². The Labute approximate surface area is 172 Å². The molecule has 2 aliphatic rings. The maximum atomic E-state index is 14.8. The van der Waals surface area contributed by atoms with Crippen molar-refractivity contribution in [3.05, 3.63) is 61.6 Å². The molecule has 1 aromatic carbocycles. The van der Waals surface area contributed by atoms with Crippen molar-refractivity contribution < 1.29 is 13.9 Å². The van der Waals surface area contributed by atoms with E-state index >= 15 is 0 Å². The second-order valence-corrected chi connectivity index (χ2v) is 7.90. The molecular formula is C22H21F2N5O. The summed E-state index contributed by atoms with van der Waals surface area (Å²) in [5, 5.41) is 13.5. The zero-order valence-corrected chi connectivity index (χ0v) is 16.1. The summed E-state index contributed by atoms with van der Waals surface area (Å²) in [6, 6.07) is 4.42. The molecule has 0 unspecified atom stereocenters. The van der Waals surface area contributed by atoms with Gasteiger partial charge in [0.1, 0.15) is 18.1 Å². The number of phenolic OH excluding ortho intramolecular Hbond substituents is 1. The van der Waals surface area contributed by atoms with Gasteiger partial charge in [0.15, 0.2) is 0 Å². The van der Waals surface area contributed by atoms with E-state index in [0.29, 0.717) is 28.9 Å². The average Bonchev–Trinajstić information content (AvgIpc) is 3.39. The number of aromatic hydroxyl groups is 1. The van der Waals surface area contributed by atoms with Crippen molar-refractivity contribution in [2.24, 2.45) is 5.92 Å². The molecule has 0 spiro atoms. The predicted octanol–water partition coefficient (Wildman–Crippen LogP) is 3.47. The molecule has 2 N–H and O–H groups in total. The smallest absolute Gasteiger partial charge is 0.127 e. The molecule has 2 bridgehead atoms. The molecule has 3 aromatic rings. The summed E-state index contributed by atoms with van der Waals surface area (Å²) >= 11 is 0. The number of piperidine rings is 1. The maximum Gasteiger partial charge on any atom is 0.127 e. The van der Waals surface area contributed by atoms with Crippen LogP contribution in [0.2, 0.25) is 0 Å². The molecule has 2 fully saturated rings. The first-order chi connectivity index (χ1) is 14.5. The molecule has 30 heavy (non-hydrogen) atoms. The van der Waals surface area contributed by atoms with Crippen LogP contribution >= 0.6 is 0 Å². The van der Waals surface area contributed by atoms with Gasteiger partial charge >= 0.3 is 0 Å². The van der Waals surface area contributed by atoms with Crippen LogP contribution < -0.4 is 5.32 Å². The number of alkyl halides is 2. The third kappa shape index (κ3) is 3.17. The van der Waals surface area contributed by atoms with Crippen molar-refractivity contribution in [3.8, 4) is 22.7 Å². The van der Waals surface area contributed by atoms with E-state index in [1.54, 1.807) is 35.4 Å². The highest BCUT2D eigenvalue weighted by molar-refractivity contribution is 5.69. The monoisotopic (exact) mass is 409 g/mol. The molecule has 5 atom stereocenters. The highest BCUT2D eigenvalue weighted by atomic mass is 19.1. The Kier molecular flexibility index (Phi) is 4.58. The predicted molar refractivity (Wildman–Crippen MR) is 109 cm³/mol. The quantitative estimate of drug-likeness (QED) is 0.690. The van der Waals surface area contributed by atoms with E-state index in [0.717, 1.165) is 5.69 Å². The van der Waals surface area contributed by atoms with Gasteiger partial charge in [0.05, 0.1) is 35.8 Å². The van der Waals surface area contributed by atoms with Crippen LogP contribution in [0.1, 0.15) is 18.5 Å². The first-order valence-electron chi connectivity index (χ1n) is 9.88. The number of rotatable bonds is 4. The van der Waals surface area contributed by atoms with E-state index < -0.39 is 24.3 Å². The number of nitrogens with zero attached hydrogens (tertiary/aromatic N) is 4. The molecule has 2 aromatic heterocycles. The van der Waals surface area contributed by atoms with Gasteiger partial charge < -0.3 is 15.0 Å². The molecule has 4 heterocycles. The highest BCUT2D eigenvalue weighted by Gasteiger charge is 2.48. The largest absolute Gasteiger partial charge is 0.507 e. The zero-order valence-electron chi connectivity index (χ0n) is 16.1. The lowest BCUT2D eigenvalue weighted by atomic mass is 9.83. The molecular weight excluding hydrogens is 388 g/mol. The van der Waals surface area contributed by atoms with Gasteiger partial charge in [-0.3, -0.25) is 9.97 Å². The van der Waals surface area contributed by atoms with Crippen LogP contribution in [0.4, 0.5) is 8.78 Å². The lowest BCUT2D eigenvalue weighted by molar-refractivity contribution is 0.163. The molecule has 0 radical (unpaired) electrons. The summed E-state index contributed by atoms with van der Waals surface area (Å²) in [6.45, 7) is 4.03. The van der Waals surface area contributed by atoms with Gasteiger partial charge in [0.2, 0.25) is 0 Å². The maximum absolute atomic E-state index is 14.8. The standard InChI is InChI=1S/C22H21F2N5O/c1-12(15-7-17-16(23)8-18(28-17)22(15)24)19-9-27-20(10-26-19)14-3-2-13(6-21(14)30)29-5-4-25-11-29/h2-6,9-11,15-18,22,28,30H,1,7-8H2/t15-,16-,17-,18-,22-/m0/s1. The van der Waals surface area contributed by atoms with E-state index in [4.69, 9.17) is 0 Å². The normalized spacial score (nSPS) is 27.9. The number of aromatic nitrogens is 4. The summed E-state index contributed by atoms with van der Waals surface area (Å²) in [5.74, 6) is -0.417. The van der Waals surface area contributed by atoms with E-state index in [9.17, 15) is 13.9 Å². The van der Waals surface area contributed by atoms with Crippen molar-refractivity contribution in [2.45, 2.75) is 37.3 Å². The van der Waals surface area contributed by atoms with Crippen molar-refractivity contribution in [1.82, 2.24) is 24.8 Å². The fourth-order valence-corrected chi connectivity index (χ4v) is 4.44. The second-order valence-electron chi connectivity index (χ2n) is 7.90. The number of fused-ring (bicyclic) bond motifs is 2. The molecule has 6 nitrogen and oxygen atoms in total. The Hall–Kier alpha value is -3.13.